The number of aromatic amines is 1. The van der Waals surface area contributed by atoms with Gasteiger partial charge in [0.15, 0.2) is 0 Å². The first-order valence-corrected chi connectivity index (χ1v) is 7.19. The van der Waals surface area contributed by atoms with Gasteiger partial charge in [-0.1, -0.05) is 0 Å². The summed E-state index contributed by atoms with van der Waals surface area (Å²) < 4.78 is 0. The number of aliphatic imine (C=N–C) groups is 1. The Balaban J connectivity index is 1.77. The van der Waals surface area contributed by atoms with Gasteiger partial charge >= 0.3 is 0 Å². The van der Waals surface area contributed by atoms with Gasteiger partial charge in [-0.05, 0) is 37.7 Å². The van der Waals surface area contributed by atoms with Crippen LogP contribution in [0.4, 0.5) is 5.82 Å². The lowest BCUT2D eigenvalue weighted by Gasteiger charge is -2.29. The van der Waals surface area contributed by atoms with Gasteiger partial charge in [-0.3, -0.25) is 0 Å². The predicted molar refractivity (Wildman–Crippen MR) is 79.3 cm³/mol. The largest absolute Gasteiger partial charge is 0.400 e. The van der Waals surface area contributed by atoms with Gasteiger partial charge in [0.2, 0.25) is 0 Å². The Kier molecular flexibility index (Phi) is 3.58. The molecular formula is C15H20N4O. The van der Waals surface area contributed by atoms with Gasteiger partial charge in [0.05, 0.1) is 12.0 Å². The maximum Gasteiger partial charge on any atom is 0.141 e. The number of fused-ring (bicyclic) bond motifs is 1. The van der Waals surface area contributed by atoms with Crippen molar-refractivity contribution >= 4 is 24.1 Å². The minimum atomic E-state index is 0.398. The van der Waals surface area contributed by atoms with Crippen LogP contribution in [0.3, 0.4) is 0 Å². The van der Waals surface area contributed by atoms with Crippen LogP contribution in [-0.2, 0) is 4.79 Å². The van der Waals surface area contributed by atoms with E-state index in [0.29, 0.717) is 18.3 Å². The van der Waals surface area contributed by atoms with Gasteiger partial charge in [-0.2, -0.15) is 0 Å². The van der Waals surface area contributed by atoms with Gasteiger partial charge in [0.25, 0.3) is 0 Å². The normalized spacial score (nSPS) is 27.6. The van der Waals surface area contributed by atoms with Crippen molar-refractivity contribution in [1.29, 1.82) is 0 Å². The van der Waals surface area contributed by atoms with E-state index in [0.717, 1.165) is 54.7 Å². The van der Waals surface area contributed by atoms with E-state index in [1.165, 1.54) is 0 Å². The Labute approximate surface area is 118 Å². The summed E-state index contributed by atoms with van der Waals surface area (Å²) in [6.45, 7) is 0. The van der Waals surface area contributed by atoms with Crippen molar-refractivity contribution in [2.45, 2.75) is 32.1 Å². The smallest absolute Gasteiger partial charge is 0.141 e. The highest BCUT2D eigenvalue weighted by Crippen LogP contribution is 2.36. The van der Waals surface area contributed by atoms with Crippen molar-refractivity contribution in [2.24, 2.45) is 22.6 Å². The zero-order chi connectivity index (χ0) is 13.9. The molecule has 1 aliphatic heterocycles. The van der Waals surface area contributed by atoms with E-state index in [2.05, 4.69) is 15.3 Å². The molecule has 1 aliphatic carbocycles. The molecule has 4 N–H and O–H groups in total. The number of aldehydes is 1. The van der Waals surface area contributed by atoms with Gasteiger partial charge < -0.3 is 20.8 Å². The molecule has 2 aliphatic rings. The molecule has 20 heavy (non-hydrogen) atoms. The molecule has 5 heteroatoms. The molecule has 106 valence electrons. The molecule has 0 atom stereocenters. The highest BCUT2D eigenvalue weighted by atomic mass is 16.1. The Morgan fingerprint density at radius 1 is 1.40 bits per heavy atom. The van der Waals surface area contributed by atoms with Crippen molar-refractivity contribution in [3.63, 3.8) is 0 Å². The Hall–Kier alpha value is -2.04. The molecule has 1 saturated carbocycles. The van der Waals surface area contributed by atoms with E-state index in [4.69, 9.17) is 5.73 Å². The quantitative estimate of drug-likeness (QED) is 0.738. The molecule has 0 amide bonds. The molecule has 1 aromatic rings. The number of carbonyl (C=O) groups is 1. The number of rotatable bonds is 3. The summed E-state index contributed by atoms with van der Waals surface area (Å²) in [5.74, 6) is 1.80. The monoisotopic (exact) mass is 272 g/mol. The summed E-state index contributed by atoms with van der Waals surface area (Å²) in [7, 11) is 0. The van der Waals surface area contributed by atoms with Crippen LogP contribution in [0.2, 0.25) is 0 Å². The maximum absolute atomic E-state index is 10.6. The molecule has 2 heterocycles. The average molecular weight is 272 g/mol. The number of nitrogens with two attached hydrogens (primary N) is 1. The summed E-state index contributed by atoms with van der Waals surface area (Å²) in [5.41, 5.74) is 9.33. The summed E-state index contributed by atoms with van der Waals surface area (Å²) >= 11 is 0. The Morgan fingerprint density at radius 2 is 2.20 bits per heavy atom. The molecule has 0 saturated heterocycles. The number of nitrogens with one attached hydrogen (secondary N) is 2. The third kappa shape index (κ3) is 2.35. The van der Waals surface area contributed by atoms with Crippen molar-refractivity contribution < 1.29 is 4.79 Å². The molecule has 0 spiro atoms. The van der Waals surface area contributed by atoms with Crippen LogP contribution in [0.5, 0.6) is 0 Å². The van der Waals surface area contributed by atoms with E-state index < -0.39 is 0 Å². The first-order chi connectivity index (χ1) is 9.79. The first-order valence-electron chi connectivity index (χ1n) is 7.19. The SMILES string of the molecule is N/C(=C1\NC=Nc2[nH]ccc21)C1CCC(CC=O)CC1. The van der Waals surface area contributed by atoms with Crippen LogP contribution in [-0.4, -0.2) is 17.6 Å². The predicted octanol–water partition coefficient (Wildman–Crippen LogP) is 2.30. The third-order valence-electron chi connectivity index (χ3n) is 4.40. The summed E-state index contributed by atoms with van der Waals surface area (Å²) in [6.07, 6.45) is 9.59. The number of aromatic nitrogens is 1. The molecule has 0 bridgehead atoms. The Bertz CT molecular complexity index is 550. The van der Waals surface area contributed by atoms with Gasteiger partial charge in [0, 0.05) is 29.8 Å². The number of allylic oxidation sites excluding steroid dienone is 1. The highest BCUT2D eigenvalue weighted by molar-refractivity contribution is 5.87. The van der Waals surface area contributed by atoms with Crippen LogP contribution in [0.15, 0.2) is 23.0 Å². The fourth-order valence-electron chi connectivity index (χ4n) is 3.20. The van der Waals surface area contributed by atoms with E-state index in [1.54, 1.807) is 6.34 Å². The van der Waals surface area contributed by atoms with Gasteiger partial charge in [0.1, 0.15) is 12.1 Å². The van der Waals surface area contributed by atoms with E-state index in [1.807, 2.05) is 12.3 Å². The minimum absolute atomic E-state index is 0.398. The van der Waals surface area contributed by atoms with Crippen LogP contribution in [0, 0.1) is 11.8 Å². The molecule has 0 radical (unpaired) electrons. The molecular weight excluding hydrogens is 252 g/mol. The summed E-state index contributed by atoms with van der Waals surface area (Å²) in [6, 6.07) is 2.00. The second-order valence-electron chi connectivity index (χ2n) is 5.59. The first kappa shape index (κ1) is 13.0. The standard InChI is InChI=1S/C15H20N4O/c16-13(11-3-1-10(2-4-11)6-8-20)14-12-5-7-17-15(12)19-9-18-14/h5,7-11,17H,1-4,6,16H2,(H,18,19)/b14-13-. The lowest BCUT2D eigenvalue weighted by atomic mass is 9.79. The zero-order valence-electron chi connectivity index (χ0n) is 11.4. The number of carbonyl (C=O) groups excluding carboxylic acids is 1. The van der Waals surface area contributed by atoms with Gasteiger partial charge in [-0.25, -0.2) is 4.99 Å². The highest BCUT2D eigenvalue weighted by Gasteiger charge is 2.26. The van der Waals surface area contributed by atoms with Gasteiger partial charge in [-0.15, -0.1) is 0 Å². The van der Waals surface area contributed by atoms with Crippen molar-refractivity contribution in [3.8, 4) is 0 Å². The lowest BCUT2D eigenvalue weighted by molar-refractivity contribution is -0.108. The van der Waals surface area contributed by atoms with E-state index in [9.17, 15) is 4.79 Å². The minimum Gasteiger partial charge on any atom is -0.400 e. The molecule has 0 aromatic carbocycles. The molecule has 0 unspecified atom stereocenters. The second kappa shape index (κ2) is 5.53. The topological polar surface area (TPSA) is 83.3 Å². The van der Waals surface area contributed by atoms with E-state index >= 15 is 0 Å². The van der Waals surface area contributed by atoms with Crippen molar-refractivity contribution in [2.75, 3.05) is 0 Å². The number of hydrogen-bond acceptors (Lipinski definition) is 4. The van der Waals surface area contributed by atoms with Crippen LogP contribution >= 0.6 is 0 Å². The zero-order valence-corrected chi connectivity index (χ0v) is 11.4. The summed E-state index contributed by atoms with van der Waals surface area (Å²) in [4.78, 5) is 17.9. The fourth-order valence-corrected chi connectivity index (χ4v) is 3.20. The second-order valence-corrected chi connectivity index (χ2v) is 5.59. The van der Waals surface area contributed by atoms with Crippen LogP contribution < -0.4 is 11.1 Å². The maximum atomic E-state index is 10.6. The molecule has 3 rings (SSSR count). The molecule has 1 fully saturated rings. The van der Waals surface area contributed by atoms with E-state index in [-0.39, 0.29) is 0 Å². The average Bonchev–Trinajstić information content (AvgIpc) is 2.96. The fraction of sp³-hybridized carbons (Fsp3) is 0.467. The summed E-state index contributed by atoms with van der Waals surface area (Å²) in [5, 5.41) is 3.18. The lowest BCUT2D eigenvalue weighted by Crippen LogP contribution is -2.25. The third-order valence-corrected chi connectivity index (χ3v) is 4.40. The molecule has 1 aromatic heterocycles. The van der Waals surface area contributed by atoms with Crippen molar-refractivity contribution in [1.82, 2.24) is 10.3 Å². The number of hydrogen-bond donors (Lipinski definition) is 3. The van der Waals surface area contributed by atoms with Crippen LogP contribution in [0.1, 0.15) is 37.7 Å². The number of nitrogens with zero attached hydrogens (tertiary/aromatic N) is 1. The van der Waals surface area contributed by atoms with Crippen LogP contribution in [0.25, 0.3) is 5.70 Å². The molecule has 5 nitrogen and oxygen atoms in total. The van der Waals surface area contributed by atoms with Crippen molar-refractivity contribution in [3.05, 3.63) is 23.5 Å². The Morgan fingerprint density at radius 3 is 2.95 bits per heavy atom. The number of H-pyrrole nitrogens is 1.